The van der Waals surface area contributed by atoms with Gasteiger partial charge in [0.1, 0.15) is 6.04 Å². The molecule has 0 radical (unpaired) electrons. The number of hydrogen-bond donors (Lipinski definition) is 5. The minimum atomic E-state index is -4.60. The summed E-state index contributed by atoms with van der Waals surface area (Å²) in [5.74, 6) is -3.28. The van der Waals surface area contributed by atoms with Gasteiger partial charge in [0, 0.05) is 12.0 Å². The van der Waals surface area contributed by atoms with E-state index in [1.54, 1.807) is 0 Å². The summed E-state index contributed by atoms with van der Waals surface area (Å²) >= 11 is 0. The first-order chi connectivity index (χ1) is 14.9. The third-order valence-electron chi connectivity index (χ3n) is 4.18. The van der Waals surface area contributed by atoms with Gasteiger partial charge in [-0.3, -0.25) is 4.79 Å². The lowest BCUT2D eigenvalue weighted by Crippen LogP contribution is -2.51. The molecule has 2 aromatic rings. The number of benzene rings is 1. The number of alkyl halides is 3. The molecule has 14 heteroatoms. The summed E-state index contributed by atoms with van der Waals surface area (Å²) in [6.45, 7) is 1.14. The van der Waals surface area contributed by atoms with Crippen molar-refractivity contribution in [2.45, 2.75) is 44.1 Å². The largest absolute Gasteiger partial charge is 0.481 e. The molecule has 0 unspecified atom stereocenters. The topological polar surface area (TPSA) is 175 Å². The van der Waals surface area contributed by atoms with E-state index >= 15 is 0 Å². The smallest absolute Gasteiger partial charge is 0.416 e. The summed E-state index contributed by atoms with van der Waals surface area (Å²) in [4.78, 5) is 38.1. The quantitative estimate of drug-likeness (QED) is 0.374. The molecule has 0 saturated carbocycles. The number of carbonyl (C=O) groups is 3. The average Bonchev–Trinajstić information content (AvgIpc) is 3.18. The minimum Gasteiger partial charge on any atom is -0.481 e. The van der Waals surface area contributed by atoms with Crippen molar-refractivity contribution in [2.75, 3.05) is 0 Å². The van der Waals surface area contributed by atoms with Crippen molar-refractivity contribution in [3.8, 4) is 11.4 Å². The second kappa shape index (κ2) is 10.1. The number of aliphatic hydroxyl groups excluding tert-OH is 1. The first-order valence-electron chi connectivity index (χ1n) is 9.09. The van der Waals surface area contributed by atoms with Crippen molar-refractivity contribution in [1.29, 1.82) is 0 Å². The minimum absolute atomic E-state index is 0.0312. The van der Waals surface area contributed by atoms with Gasteiger partial charge in [-0.25, -0.2) is 9.59 Å². The zero-order chi connectivity index (χ0) is 24.1. The standard InChI is InChI=1S/C18H19F3N4O7/c1-8(26)13(16(29)30)23-17(31)22-11(5-6-12(27)28)15-24-14(25-32-15)9-3-2-4-10(7-9)18(19,20)21/h2-4,7-8,11,13,26H,5-6H2,1H3,(H,27,28)(H,29,30)(H2,22,23,31)/t8-,11-,13-/m0/s1. The second-order valence-electron chi connectivity index (χ2n) is 6.69. The number of aliphatic hydroxyl groups is 1. The molecule has 2 amide bonds. The highest BCUT2D eigenvalue weighted by molar-refractivity contribution is 5.83. The highest BCUT2D eigenvalue weighted by Gasteiger charge is 2.31. The van der Waals surface area contributed by atoms with Crippen molar-refractivity contribution < 1.29 is 47.4 Å². The lowest BCUT2D eigenvalue weighted by molar-refractivity contribution is -0.142. The molecule has 5 N–H and O–H groups in total. The van der Waals surface area contributed by atoms with Crippen LogP contribution in [0.15, 0.2) is 28.8 Å². The number of halogens is 3. The maximum atomic E-state index is 12.9. The van der Waals surface area contributed by atoms with Crippen LogP contribution in [0.3, 0.4) is 0 Å². The van der Waals surface area contributed by atoms with E-state index in [1.165, 1.54) is 6.07 Å². The monoisotopic (exact) mass is 460 g/mol. The predicted molar refractivity (Wildman–Crippen MR) is 99.1 cm³/mol. The molecule has 0 spiro atoms. The fraction of sp³-hybridized carbons (Fsp3) is 0.389. The molecule has 32 heavy (non-hydrogen) atoms. The fourth-order valence-corrected chi connectivity index (χ4v) is 2.58. The molecule has 0 bridgehead atoms. The average molecular weight is 460 g/mol. The number of carboxylic acid groups (broad SMARTS) is 2. The number of amides is 2. The van der Waals surface area contributed by atoms with Crippen LogP contribution in [-0.2, 0) is 15.8 Å². The summed E-state index contributed by atoms with van der Waals surface area (Å²) in [6, 6.07) is 0.154. The van der Waals surface area contributed by atoms with Crippen molar-refractivity contribution in [1.82, 2.24) is 20.8 Å². The van der Waals surface area contributed by atoms with Crippen LogP contribution in [-0.4, -0.2) is 55.6 Å². The molecule has 1 aromatic carbocycles. The number of nitrogens with zero attached hydrogens (tertiary/aromatic N) is 2. The maximum Gasteiger partial charge on any atom is 0.416 e. The van der Waals surface area contributed by atoms with Crippen LogP contribution in [0.25, 0.3) is 11.4 Å². The van der Waals surface area contributed by atoms with Gasteiger partial charge in [0.2, 0.25) is 11.7 Å². The Morgan fingerprint density at radius 1 is 1.19 bits per heavy atom. The number of aliphatic carboxylic acids is 2. The third-order valence-corrected chi connectivity index (χ3v) is 4.18. The van der Waals surface area contributed by atoms with Crippen molar-refractivity contribution in [2.24, 2.45) is 0 Å². The lowest BCUT2D eigenvalue weighted by atomic mass is 10.1. The Bertz CT molecular complexity index is 977. The molecule has 1 heterocycles. The Hall–Kier alpha value is -3.68. The van der Waals surface area contributed by atoms with E-state index in [9.17, 15) is 32.7 Å². The Kier molecular flexibility index (Phi) is 7.75. The molecule has 1 aromatic heterocycles. The Morgan fingerprint density at radius 2 is 1.88 bits per heavy atom. The summed E-state index contributed by atoms with van der Waals surface area (Å²) < 4.78 is 43.8. The van der Waals surface area contributed by atoms with Crippen LogP contribution in [0.4, 0.5) is 18.0 Å². The Balaban J connectivity index is 2.25. The van der Waals surface area contributed by atoms with Gasteiger partial charge in [-0.15, -0.1) is 0 Å². The van der Waals surface area contributed by atoms with Crippen LogP contribution < -0.4 is 10.6 Å². The molecule has 174 valence electrons. The molecule has 2 rings (SSSR count). The molecule has 0 saturated heterocycles. The van der Waals surface area contributed by atoms with Gasteiger partial charge in [-0.2, -0.15) is 18.2 Å². The lowest BCUT2D eigenvalue weighted by Gasteiger charge is -2.20. The normalized spacial score (nSPS) is 14.3. The predicted octanol–water partition coefficient (Wildman–Crippen LogP) is 1.79. The number of rotatable bonds is 9. The van der Waals surface area contributed by atoms with Crippen LogP contribution >= 0.6 is 0 Å². The molecular formula is C18H19F3N4O7. The number of nitrogens with one attached hydrogen (secondary N) is 2. The summed E-state index contributed by atoms with van der Waals surface area (Å²) in [7, 11) is 0. The molecule has 11 nitrogen and oxygen atoms in total. The molecule has 0 aliphatic heterocycles. The van der Waals surface area contributed by atoms with Crippen LogP contribution in [0.1, 0.15) is 37.3 Å². The van der Waals surface area contributed by atoms with Crippen LogP contribution in [0.5, 0.6) is 0 Å². The van der Waals surface area contributed by atoms with E-state index < -0.39 is 54.3 Å². The first kappa shape index (κ1) is 24.6. The molecule has 0 aliphatic carbocycles. The molecule has 3 atom stereocenters. The van der Waals surface area contributed by atoms with Crippen LogP contribution in [0, 0.1) is 0 Å². The Morgan fingerprint density at radius 3 is 2.44 bits per heavy atom. The van der Waals surface area contributed by atoms with E-state index in [4.69, 9.17) is 14.7 Å². The van der Waals surface area contributed by atoms with Crippen molar-refractivity contribution in [3.63, 3.8) is 0 Å². The summed E-state index contributed by atoms with van der Waals surface area (Å²) in [6.07, 6.45) is -6.74. The zero-order valence-electron chi connectivity index (χ0n) is 16.5. The highest BCUT2D eigenvalue weighted by Crippen LogP contribution is 2.31. The van der Waals surface area contributed by atoms with E-state index in [-0.39, 0.29) is 23.7 Å². The van der Waals surface area contributed by atoms with Crippen molar-refractivity contribution in [3.05, 3.63) is 35.7 Å². The van der Waals surface area contributed by atoms with Crippen molar-refractivity contribution >= 4 is 18.0 Å². The number of urea groups is 1. The van der Waals surface area contributed by atoms with Crippen LogP contribution in [0.2, 0.25) is 0 Å². The van der Waals surface area contributed by atoms with Gasteiger partial charge >= 0.3 is 24.1 Å². The van der Waals surface area contributed by atoms with E-state index in [0.717, 1.165) is 25.1 Å². The zero-order valence-corrected chi connectivity index (χ0v) is 16.5. The van der Waals surface area contributed by atoms with Gasteiger partial charge in [-0.05, 0) is 25.5 Å². The third kappa shape index (κ3) is 6.66. The highest BCUT2D eigenvalue weighted by atomic mass is 19.4. The second-order valence-corrected chi connectivity index (χ2v) is 6.69. The van der Waals surface area contributed by atoms with E-state index in [1.807, 2.05) is 5.32 Å². The van der Waals surface area contributed by atoms with Gasteiger partial charge in [0.25, 0.3) is 0 Å². The van der Waals surface area contributed by atoms with Gasteiger partial charge in [0.05, 0.1) is 11.7 Å². The molecule has 0 fully saturated rings. The fourth-order valence-electron chi connectivity index (χ4n) is 2.58. The molecule has 0 aliphatic rings. The number of aromatic nitrogens is 2. The van der Waals surface area contributed by atoms with Gasteiger partial charge in [0.15, 0.2) is 6.04 Å². The SMILES string of the molecule is C[C@H](O)[C@H](NC(=O)N[C@@H](CCC(=O)O)c1nc(-c2cccc(C(F)(F)F)c2)no1)C(=O)O. The number of carboxylic acids is 2. The number of carbonyl (C=O) groups excluding carboxylic acids is 1. The summed E-state index contributed by atoms with van der Waals surface area (Å²) in [5, 5.41) is 35.2. The van der Waals surface area contributed by atoms with Gasteiger partial charge < -0.3 is 30.5 Å². The summed E-state index contributed by atoms with van der Waals surface area (Å²) in [5.41, 5.74) is -0.976. The van der Waals surface area contributed by atoms with E-state index in [0.29, 0.717) is 0 Å². The van der Waals surface area contributed by atoms with E-state index in [2.05, 4.69) is 15.5 Å². The molecular weight excluding hydrogens is 441 g/mol. The number of hydrogen-bond acceptors (Lipinski definition) is 7. The Labute approximate surface area is 178 Å². The maximum absolute atomic E-state index is 12.9. The van der Waals surface area contributed by atoms with Gasteiger partial charge in [-0.1, -0.05) is 17.3 Å². The first-order valence-corrected chi connectivity index (χ1v) is 9.09.